The number of aryl methyl sites for hydroxylation is 1. The van der Waals surface area contributed by atoms with Gasteiger partial charge in [-0.3, -0.25) is 4.79 Å². The fraction of sp³-hybridized carbons (Fsp3) is 0.235. The predicted octanol–water partition coefficient (Wildman–Crippen LogP) is 4.67. The van der Waals surface area contributed by atoms with Crippen molar-refractivity contribution in [2.75, 3.05) is 17.2 Å². The lowest BCUT2D eigenvalue weighted by atomic mass is 10.1. The second-order valence-electron chi connectivity index (χ2n) is 4.94. The van der Waals surface area contributed by atoms with E-state index in [1.54, 1.807) is 0 Å². The number of nitrogens with one attached hydrogen (secondary N) is 2. The van der Waals surface area contributed by atoms with E-state index in [0.29, 0.717) is 5.56 Å². The van der Waals surface area contributed by atoms with Crippen LogP contribution in [-0.4, -0.2) is 12.5 Å². The number of anilines is 2. The zero-order valence-electron chi connectivity index (χ0n) is 12.2. The Balaban J connectivity index is 2.23. The molecule has 0 spiro atoms. The van der Waals surface area contributed by atoms with E-state index in [9.17, 15) is 4.79 Å². The molecule has 3 nitrogen and oxygen atoms in total. The summed E-state index contributed by atoms with van der Waals surface area (Å²) in [5, 5.41) is 6.27. The van der Waals surface area contributed by atoms with Crippen molar-refractivity contribution < 1.29 is 4.79 Å². The maximum Gasteiger partial charge on any atom is 0.257 e. The first-order chi connectivity index (χ1) is 10.1. The second-order valence-corrected chi connectivity index (χ2v) is 6.19. The molecule has 0 unspecified atom stereocenters. The van der Waals surface area contributed by atoms with Crippen molar-refractivity contribution in [1.82, 2.24) is 0 Å². The monoisotopic (exact) mass is 394 g/mol. The number of benzene rings is 2. The molecule has 0 saturated heterocycles. The van der Waals surface area contributed by atoms with Crippen LogP contribution >= 0.6 is 22.6 Å². The van der Waals surface area contributed by atoms with Crippen LogP contribution in [0.1, 0.15) is 29.3 Å². The minimum absolute atomic E-state index is 0.0840. The van der Waals surface area contributed by atoms with Crippen LogP contribution < -0.4 is 10.6 Å². The molecule has 0 radical (unpaired) electrons. The Bertz CT molecular complexity index is 640. The van der Waals surface area contributed by atoms with Crippen LogP contribution in [0, 0.1) is 10.5 Å². The Morgan fingerprint density at radius 2 is 2.00 bits per heavy atom. The summed E-state index contributed by atoms with van der Waals surface area (Å²) in [5.74, 6) is -0.0840. The molecule has 0 aliphatic heterocycles. The molecule has 0 heterocycles. The summed E-state index contributed by atoms with van der Waals surface area (Å²) in [6, 6.07) is 13.7. The molecule has 4 heteroatoms. The van der Waals surface area contributed by atoms with Crippen molar-refractivity contribution in [3.8, 4) is 0 Å². The van der Waals surface area contributed by atoms with Gasteiger partial charge in [-0.1, -0.05) is 24.6 Å². The van der Waals surface area contributed by atoms with E-state index in [1.165, 1.54) is 0 Å². The average Bonchev–Trinajstić information content (AvgIpc) is 2.46. The van der Waals surface area contributed by atoms with Gasteiger partial charge in [-0.2, -0.15) is 0 Å². The number of hydrogen-bond acceptors (Lipinski definition) is 2. The summed E-state index contributed by atoms with van der Waals surface area (Å²) in [6.45, 7) is 4.95. The van der Waals surface area contributed by atoms with Crippen LogP contribution in [0.25, 0.3) is 0 Å². The van der Waals surface area contributed by atoms with E-state index in [1.807, 2.05) is 49.4 Å². The van der Waals surface area contributed by atoms with Crippen LogP contribution in [-0.2, 0) is 0 Å². The highest BCUT2D eigenvalue weighted by Gasteiger charge is 2.12. The molecule has 0 saturated carbocycles. The van der Waals surface area contributed by atoms with Gasteiger partial charge in [-0.15, -0.1) is 0 Å². The van der Waals surface area contributed by atoms with Crippen LogP contribution in [0.4, 0.5) is 11.4 Å². The molecule has 0 fully saturated rings. The van der Waals surface area contributed by atoms with E-state index < -0.39 is 0 Å². The highest BCUT2D eigenvalue weighted by Crippen LogP contribution is 2.20. The maximum atomic E-state index is 12.5. The van der Waals surface area contributed by atoms with Gasteiger partial charge in [0.15, 0.2) is 0 Å². The topological polar surface area (TPSA) is 41.1 Å². The average molecular weight is 394 g/mol. The van der Waals surface area contributed by atoms with Crippen molar-refractivity contribution in [2.24, 2.45) is 0 Å². The van der Waals surface area contributed by atoms with Gasteiger partial charge in [0.05, 0.1) is 5.56 Å². The van der Waals surface area contributed by atoms with Gasteiger partial charge in [0.1, 0.15) is 0 Å². The summed E-state index contributed by atoms with van der Waals surface area (Å²) in [6.07, 6.45) is 1.02. The Morgan fingerprint density at radius 1 is 1.19 bits per heavy atom. The lowest BCUT2D eigenvalue weighted by Crippen LogP contribution is -2.15. The molecule has 110 valence electrons. The number of carbonyl (C=O) groups is 1. The molecule has 2 rings (SSSR count). The third-order valence-electron chi connectivity index (χ3n) is 3.07. The van der Waals surface area contributed by atoms with E-state index in [2.05, 4.69) is 40.1 Å². The first-order valence-electron chi connectivity index (χ1n) is 7.01. The first kappa shape index (κ1) is 15.8. The first-order valence-corrected chi connectivity index (χ1v) is 8.09. The lowest BCUT2D eigenvalue weighted by Gasteiger charge is -2.13. The number of hydrogen-bond donors (Lipinski definition) is 2. The van der Waals surface area contributed by atoms with Crippen molar-refractivity contribution in [2.45, 2.75) is 20.3 Å². The number of amides is 1. The smallest absolute Gasteiger partial charge is 0.257 e. The molecule has 2 aromatic carbocycles. The molecule has 2 N–H and O–H groups in total. The zero-order valence-corrected chi connectivity index (χ0v) is 14.4. The summed E-state index contributed by atoms with van der Waals surface area (Å²) in [5.41, 5.74) is 3.45. The van der Waals surface area contributed by atoms with E-state index in [-0.39, 0.29) is 5.91 Å². The van der Waals surface area contributed by atoms with Gasteiger partial charge in [0.2, 0.25) is 0 Å². The Labute approximate surface area is 139 Å². The normalized spacial score (nSPS) is 10.2. The van der Waals surface area contributed by atoms with Crippen LogP contribution in [0.2, 0.25) is 0 Å². The van der Waals surface area contributed by atoms with Crippen LogP contribution in [0.5, 0.6) is 0 Å². The highest BCUT2D eigenvalue weighted by molar-refractivity contribution is 14.1. The molecular formula is C17H19IN2O. The third-order valence-corrected chi connectivity index (χ3v) is 3.74. The van der Waals surface area contributed by atoms with Gasteiger partial charge < -0.3 is 10.6 Å². The maximum absolute atomic E-state index is 12.5. The molecule has 21 heavy (non-hydrogen) atoms. The van der Waals surface area contributed by atoms with Gasteiger partial charge in [-0.25, -0.2) is 0 Å². The fourth-order valence-corrected chi connectivity index (χ4v) is 2.57. The van der Waals surface area contributed by atoms with Crippen molar-refractivity contribution in [3.05, 3.63) is 57.2 Å². The van der Waals surface area contributed by atoms with Gasteiger partial charge in [0, 0.05) is 21.5 Å². The van der Waals surface area contributed by atoms with Gasteiger partial charge in [-0.05, 0) is 66.3 Å². The molecule has 0 aromatic heterocycles. The van der Waals surface area contributed by atoms with Crippen molar-refractivity contribution in [1.29, 1.82) is 0 Å². The van der Waals surface area contributed by atoms with E-state index >= 15 is 0 Å². The van der Waals surface area contributed by atoms with Gasteiger partial charge in [0.25, 0.3) is 5.91 Å². The number of carbonyl (C=O) groups excluding carboxylic acids is 1. The number of rotatable bonds is 5. The van der Waals surface area contributed by atoms with Crippen LogP contribution in [0.3, 0.4) is 0 Å². The summed E-state index contributed by atoms with van der Waals surface area (Å²) >= 11 is 2.23. The largest absolute Gasteiger partial charge is 0.384 e. The third kappa shape index (κ3) is 4.46. The minimum atomic E-state index is -0.0840. The molecule has 1 amide bonds. The predicted molar refractivity (Wildman–Crippen MR) is 97.1 cm³/mol. The summed E-state index contributed by atoms with van der Waals surface area (Å²) < 4.78 is 1.10. The van der Waals surface area contributed by atoms with E-state index in [4.69, 9.17) is 0 Å². The molecule has 0 bridgehead atoms. The van der Waals surface area contributed by atoms with Gasteiger partial charge >= 0.3 is 0 Å². The quantitative estimate of drug-likeness (QED) is 0.724. The zero-order chi connectivity index (χ0) is 15.2. The van der Waals surface area contributed by atoms with Crippen LogP contribution in [0.15, 0.2) is 42.5 Å². The highest BCUT2D eigenvalue weighted by atomic mass is 127. The molecule has 2 aromatic rings. The molecule has 0 atom stereocenters. The molecular weight excluding hydrogens is 375 g/mol. The summed E-state index contributed by atoms with van der Waals surface area (Å²) in [4.78, 5) is 12.5. The van der Waals surface area contributed by atoms with Crippen molar-refractivity contribution in [3.63, 3.8) is 0 Å². The summed E-state index contributed by atoms with van der Waals surface area (Å²) in [7, 11) is 0. The standard InChI is InChI=1S/C17H19IN2O/c1-3-9-19-16-8-7-12(2)10-15(16)17(21)20-14-6-4-5-13(18)11-14/h4-8,10-11,19H,3,9H2,1-2H3,(H,20,21). The Kier molecular flexibility index (Phi) is 5.61. The second kappa shape index (κ2) is 7.45. The minimum Gasteiger partial charge on any atom is -0.384 e. The SMILES string of the molecule is CCCNc1ccc(C)cc1C(=O)Nc1cccc(I)c1. The van der Waals surface area contributed by atoms with E-state index in [0.717, 1.165) is 33.5 Å². The van der Waals surface area contributed by atoms with Crippen molar-refractivity contribution >= 4 is 39.9 Å². The number of halogens is 1. The lowest BCUT2D eigenvalue weighted by molar-refractivity contribution is 0.102. The fourth-order valence-electron chi connectivity index (χ4n) is 2.02. The molecule has 0 aliphatic carbocycles. The Morgan fingerprint density at radius 3 is 2.71 bits per heavy atom. The molecule has 0 aliphatic rings. The Hall–Kier alpha value is -1.56.